The van der Waals surface area contributed by atoms with Gasteiger partial charge in [-0.25, -0.2) is 9.97 Å². The number of nitrogens with zero attached hydrogens (tertiary/aromatic N) is 7. The summed E-state index contributed by atoms with van der Waals surface area (Å²) >= 11 is 6.68. The molecule has 236 valence electrons. The van der Waals surface area contributed by atoms with E-state index in [1.165, 1.54) is 4.57 Å². The third kappa shape index (κ3) is 6.14. The van der Waals surface area contributed by atoms with Gasteiger partial charge in [0.15, 0.2) is 0 Å². The van der Waals surface area contributed by atoms with Crippen LogP contribution in [0.4, 0.5) is 17.3 Å². The SMILES string of the molecule is Cn1cc(C2CCOCC2)nc1-c1cc2cnc(Nc3ccc(N4CCNCC4)c(Cl)c3)nc2n(CC(=O)N2CCCC2)c1=O. The molecule has 12 nitrogen and oxygen atoms in total. The Labute approximate surface area is 266 Å². The molecule has 0 spiro atoms. The highest BCUT2D eigenvalue weighted by atomic mass is 35.5. The number of hydrogen-bond acceptors (Lipinski definition) is 9. The van der Waals surface area contributed by atoms with Gasteiger partial charge in [0.25, 0.3) is 5.56 Å². The first kappa shape index (κ1) is 29.7. The number of imidazole rings is 1. The van der Waals surface area contributed by atoms with E-state index < -0.39 is 0 Å². The zero-order chi connectivity index (χ0) is 30.9. The fourth-order valence-electron chi connectivity index (χ4n) is 6.53. The molecule has 0 saturated carbocycles. The number of halogens is 1. The lowest BCUT2D eigenvalue weighted by Gasteiger charge is -2.30. The van der Waals surface area contributed by atoms with Crippen molar-refractivity contribution in [2.45, 2.75) is 38.1 Å². The van der Waals surface area contributed by atoms with Crippen LogP contribution in [0.15, 0.2) is 41.5 Å². The van der Waals surface area contributed by atoms with Crippen LogP contribution in [0.1, 0.15) is 37.3 Å². The molecule has 3 aliphatic rings. The summed E-state index contributed by atoms with van der Waals surface area (Å²) in [7, 11) is 1.90. The number of fused-ring (bicyclic) bond motifs is 1. The minimum atomic E-state index is -0.310. The van der Waals surface area contributed by atoms with Gasteiger partial charge in [-0.1, -0.05) is 11.6 Å². The summed E-state index contributed by atoms with van der Waals surface area (Å²) in [6.07, 6.45) is 7.41. The second-order valence-corrected chi connectivity index (χ2v) is 12.4. The monoisotopic (exact) mass is 631 g/mol. The molecule has 0 bridgehead atoms. The number of carbonyl (C=O) groups excluding carboxylic acids is 1. The van der Waals surface area contributed by atoms with Crippen LogP contribution in [0.2, 0.25) is 5.02 Å². The zero-order valence-electron chi connectivity index (χ0n) is 25.5. The van der Waals surface area contributed by atoms with Crippen LogP contribution in [-0.2, 0) is 23.1 Å². The third-order valence-electron chi connectivity index (χ3n) is 9.02. The number of anilines is 3. The van der Waals surface area contributed by atoms with Gasteiger partial charge in [-0.3, -0.25) is 14.2 Å². The topological polar surface area (TPSA) is 122 Å². The maximum Gasteiger partial charge on any atom is 0.263 e. The number of aryl methyl sites for hydroxylation is 1. The van der Waals surface area contributed by atoms with E-state index in [0.717, 1.165) is 68.9 Å². The summed E-state index contributed by atoms with van der Waals surface area (Å²) in [5, 5.41) is 7.88. The number of pyridine rings is 1. The average molecular weight is 632 g/mol. The van der Waals surface area contributed by atoms with Gasteiger partial charge >= 0.3 is 0 Å². The van der Waals surface area contributed by atoms with Crippen molar-refractivity contribution in [1.29, 1.82) is 0 Å². The summed E-state index contributed by atoms with van der Waals surface area (Å²) in [6, 6.07) is 7.58. The van der Waals surface area contributed by atoms with Crippen molar-refractivity contribution < 1.29 is 9.53 Å². The van der Waals surface area contributed by atoms with Crippen LogP contribution < -0.4 is 21.1 Å². The molecule has 0 aliphatic carbocycles. The Kier molecular flexibility index (Phi) is 8.43. The smallest absolute Gasteiger partial charge is 0.263 e. The molecular formula is C32H38ClN9O3. The van der Waals surface area contributed by atoms with Crippen LogP contribution in [0.3, 0.4) is 0 Å². The summed E-state index contributed by atoms with van der Waals surface area (Å²) in [5.41, 5.74) is 3.15. The number of ether oxygens (including phenoxy) is 1. The molecule has 2 N–H and O–H groups in total. The molecule has 3 fully saturated rings. The first-order valence-electron chi connectivity index (χ1n) is 15.8. The number of aromatic nitrogens is 5. The number of rotatable bonds is 7. The second kappa shape index (κ2) is 12.8. The van der Waals surface area contributed by atoms with Gasteiger partial charge < -0.3 is 29.7 Å². The maximum absolute atomic E-state index is 14.2. The lowest BCUT2D eigenvalue weighted by atomic mass is 9.97. The number of benzene rings is 1. The van der Waals surface area contributed by atoms with Crippen molar-refractivity contribution >= 4 is 45.9 Å². The zero-order valence-corrected chi connectivity index (χ0v) is 26.2. The van der Waals surface area contributed by atoms with Crippen molar-refractivity contribution in [3.8, 4) is 11.4 Å². The highest BCUT2D eigenvalue weighted by Gasteiger charge is 2.25. The standard InChI is InChI=1S/C32H38ClN9O3/c1-39-19-26(21-6-14-45-15-7-21)37-30(39)24-16-22-18-35-32(36-23-4-5-27(25(33)17-23)40-12-8-34-9-13-40)38-29(22)42(31(24)44)20-28(43)41-10-2-3-11-41/h4-5,16-19,21,34H,2-3,6-15,20H2,1H3,(H,35,36,38). The Morgan fingerprint density at radius 2 is 1.87 bits per heavy atom. The Morgan fingerprint density at radius 1 is 1.09 bits per heavy atom. The van der Waals surface area contributed by atoms with Gasteiger partial charge in [0.2, 0.25) is 11.9 Å². The maximum atomic E-state index is 14.2. The van der Waals surface area contributed by atoms with E-state index in [2.05, 4.69) is 20.5 Å². The van der Waals surface area contributed by atoms with Gasteiger partial charge in [0.05, 0.1) is 22.0 Å². The van der Waals surface area contributed by atoms with Gasteiger partial charge in [0, 0.05) is 88.9 Å². The normalized spacial score (nSPS) is 17.7. The molecule has 6 heterocycles. The number of piperazine rings is 1. The fraction of sp³-hybridized carbons (Fsp3) is 0.469. The van der Waals surface area contributed by atoms with Gasteiger partial charge in [-0.2, -0.15) is 4.98 Å². The van der Waals surface area contributed by atoms with Crippen molar-refractivity contribution in [3.05, 3.63) is 57.7 Å². The fourth-order valence-corrected chi connectivity index (χ4v) is 6.83. The minimum Gasteiger partial charge on any atom is -0.381 e. The largest absolute Gasteiger partial charge is 0.381 e. The van der Waals surface area contributed by atoms with Crippen LogP contribution in [0, 0.1) is 0 Å². The molecule has 1 amide bonds. The third-order valence-corrected chi connectivity index (χ3v) is 9.32. The van der Waals surface area contributed by atoms with Gasteiger partial charge in [0.1, 0.15) is 18.0 Å². The Morgan fingerprint density at radius 3 is 2.62 bits per heavy atom. The summed E-state index contributed by atoms with van der Waals surface area (Å²) in [5.74, 6) is 1.06. The number of likely N-dealkylation sites (tertiary alicyclic amines) is 1. The molecule has 4 aromatic rings. The summed E-state index contributed by atoms with van der Waals surface area (Å²) in [6.45, 7) is 6.33. The summed E-state index contributed by atoms with van der Waals surface area (Å²) in [4.78, 5) is 45.9. The van der Waals surface area contributed by atoms with Crippen molar-refractivity contribution in [1.82, 2.24) is 34.3 Å². The van der Waals surface area contributed by atoms with E-state index in [9.17, 15) is 9.59 Å². The summed E-state index contributed by atoms with van der Waals surface area (Å²) < 4.78 is 8.90. The Bertz CT molecular complexity index is 1770. The van der Waals surface area contributed by atoms with Crippen molar-refractivity contribution in [3.63, 3.8) is 0 Å². The van der Waals surface area contributed by atoms with E-state index in [1.54, 1.807) is 12.3 Å². The molecule has 0 atom stereocenters. The molecule has 0 unspecified atom stereocenters. The van der Waals surface area contributed by atoms with Crippen molar-refractivity contribution in [2.75, 3.05) is 62.7 Å². The molecule has 3 aromatic heterocycles. The lowest BCUT2D eigenvalue weighted by molar-refractivity contribution is -0.130. The molecule has 45 heavy (non-hydrogen) atoms. The Hall–Kier alpha value is -4.00. The lowest BCUT2D eigenvalue weighted by Crippen LogP contribution is -2.43. The number of nitrogens with one attached hydrogen (secondary N) is 2. The van der Waals surface area contributed by atoms with Crippen LogP contribution in [0.25, 0.3) is 22.4 Å². The molecule has 13 heteroatoms. The molecular weight excluding hydrogens is 594 g/mol. The molecule has 7 rings (SSSR count). The Balaban J connectivity index is 1.24. The van der Waals surface area contributed by atoms with E-state index in [4.69, 9.17) is 26.3 Å². The minimum absolute atomic E-state index is 0.0980. The number of amides is 1. The van der Waals surface area contributed by atoms with E-state index in [-0.39, 0.29) is 23.9 Å². The quantitative estimate of drug-likeness (QED) is 0.315. The molecule has 3 saturated heterocycles. The first-order chi connectivity index (χ1) is 21.9. The van der Waals surface area contributed by atoms with Gasteiger partial charge in [-0.05, 0) is 49.9 Å². The van der Waals surface area contributed by atoms with Crippen molar-refractivity contribution in [2.24, 2.45) is 7.05 Å². The van der Waals surface area contributed by atoms with Crippen LogP contribution >= 0.6 is 11.6 Å². The van der Waals surface area contributed by atoms with Crippen LogP contribution in [-0.4, -0.2) is 87.4 Å². The molecule has 1 aromatic carbocycles. The predicted octanol–water partition coefficient (Wildman–Crippen LogP) is 3.52. The van der Waals surface area contributed by atoms with Crippen LogP contribution in [0.5, 0.6) is 0 Å². The van der Waals surface area contributed by atoms with Gasteiger partial charge in [-0.15, -0.1) is 0 Å². The first-order valence-corrected chi connectivity index (χ1v) is 16.1. The molecule has 3 aliphatic heterocycles. The molecule has 0 radical (unpaired) electrons. The highest BCUT2D eigenvalue weighted by molar-refractivity contribution is 6.33. The average Bonchev–Trinajstić information content (AvgIpc) is 3.74. The highest BCUT2D eigenvalue weighted by Crippen LogP contribution is 2.31. The predicted molar refractivity (Wildman–Crippen MR) is 174 cm³/mol. The number of hydrogen-bond donors (Lipinski definition) is 2. The second-order valence-electron chi connectivity index (χ2n) is 12.0. The number of carbonyl (C=O) groups is 1. The van der Waals surface area contributed by atoms with E-state index >= 15 is 0 Å². The van der Waals surface area contributed by atoms with E-state index in [1.807, 2.05) is 40.9 Å². The van der Waals surface area contributed by atoms with E-state index in [0.29, 0.717) is 59.7 Å².